The van der Waals surface area contributed by atoms with Crippen LogP contribution in [-0.4, -0.2) is 24.8 Å². The van der Waals surface area contributed by atoms with Gasteiger partial charge in [0.15, 0.2) is 5.76 Å². The molecule has 0 bridgehead atoms. The molecule has 1 unspecified atom stereocenters. The summed E-state index contributed by atoms with van der Waals surface area (Å²) in [4.78, 5) is 23.3. The zero-order valence-corrected chi connectivity index (χ0v) is 9.56. The van der Waals surface area contributed by atoms with Crippen LogP contribution >= 0.6 is 0 Å². The molecule has 1 aromatic rings. The molecule has 0 aromatic carbocycles. The molecule has 0 aliphatic heterocycles. The third kappa shape index (κ3) is 3.31. The highest BCUT2D eigenvalue weighted by molar-refractivity contribution is 6.08. The van der Waals surface area contributed by atoms with Crippen LogP contribution in [-0.2, 0) is 9.53 Å². The minimum absolute atomic E-state index is 0.116. The van der Waals surface area contributed by atoms with Crippen LogP contribution in [0.2, 0.25) is 0 Å². The maximum atomic E-state index is 11.7. The predicted molar refractivity (Wildman–Crippen MR) is 58.3 cm³/mol. The van der Waals surface area contributed by atoms with Crippen molar-refractivity contribution in [3.63, 3.8) is 0 Å². The molecule has 1 heterocycles. The second kappa shape index (κ2) is 6.23. The summed E-state index contributed by atoms with van der Waals surface area (Å²) in [7, 11) is 0. The van der Waals surface area contributed by atoms with Crippen LogP contribution in [0.5, 0.6) is 0 Å². The molecule has 0 radical (unpaired) electrons. The van der Waals surface area contributed by atoms with Crippen molar-refractivity contribution in [2.45, 2.75) is 20.3 Å². The van der Waals surface area contributed by atoms with Crippen molar-refractivity contribution >= 4 is 11.6 Å². The minimum Gasteiger partial charge on any atom is -0.461 e. The first-order valence-electron chi connectivity index (χ1n) is 5.35. The highest BCUT2D eigenvalue weighted by atomic mass is 16.5. The van der Waals surface area contributed by atoms with Gasteiger partial charge in [-0.1, -0.05) is 0 Å². The van der Waals surface area contributed by atoms with Gasteiger partial charge in [0.05, 0.1) is 18.8 Å². The molecule has 0 N–H and O–H groups in total. The Kier molecular flexibility index (Phi) is 4.92. The van der Waals surface area contributed by atoms with Crippen molar-refractivity contribution in [1.82, 2.24) is 0 Å². The van der Waals surface area contributed by atoms with Gasteiger partial charge in [-0.05, 0) is 26.0 Å². The van der Waals surface area contributed by atoms with Gasteiger partial charge in [0, 0.05) is 13.0 Å². The monoisotopic (exact) mass is 224 g/mol. The molecule has 1 atom stereocenters. The second-order valence-electron chi connectivity index (χ2n) is 3.48. The Morgan fingerprint density at radius 3 is 2.81 bits per heavy atom. The van der Waals surface area contributed by atoms with E-state index in [0.29, 0.717) is 13.2 Å². The Labute approximate surface area is 94.6 Å². The zero-order valence-electron chi connectivity index (χ0n) is 9.56. The molecule has 0 spiro atoms. The van der Waals surface area contributed by atoms with Crippen molar-refractivity contribution in [1.29, 1.82) is 0 Å². The average Bonchev–Trinajstić information content (AvgIpc) is 2.80. The van der Waals surface area contributed by atoms with Crippen LogP contribution < -0.4 is 0 Å². The maximum absolute atomic E-state index is 11.7. The number of hydrogen-bond donors (Lipinski definition) is 0. The van der Waals surface area contributed by atoms with E-state index >= 15 is 0 Å². The largest absolute Gasteiger partial charge is 0.461 e. The predicted octanol–water partition coefficient (Wildman–Crippen LogP) is 2.09. The van der Waals surface area contributed by atoms with Crippen LogP contribution in [0.15, 0.2) is 22.8 Å². The van der Waals surface area contributed by atoms with Gasteiger partial charge in [0.2, 0.25) is 5.78 Å². The second-order valence-corrected chi connectivity index (χ2v) is 3.48. The van der Waals surface area contributed by atoms with Gasteiger partial charge < -0.3 is 9.15 Å². The van der Waals surface area contributed by atoms with Crippen LogP contribution in [0, 0.1) is 5.92 Å². The summed E-state index contributed by atoms with van der Waals surface area (Å²) in [5.74, 6) is -0.815. The number of Topliss-reactive ketones (excluding diaryl/α,β-unsaturated/α-hetero) is 2. The van der Waals surface area contributed by atoms with Gasteiger partial charge in [-0.3, -0.25) is 9.59 Å². The zero-order chi connectivity index (χ0) is 12.0. The quantitative estimate of drug-likeness (QED) is 0.404. The molecule has 4 nitrogen and oxygen atoms in total. The summed E-state index contributed by atoms with van der Waals surface area (Å²) >= 11 is 0. The summed E-state index contributed by atoms with van der Waals surface area (Å²) in [5, 5.41) is 0. The number of ether oxygens (including phenoxy) is 1. The summed E-state index contributed by atoms with van der Waals surface area (Å²) in [6.45, 7) is 4.40. The summed E-state index contributed by atoms with van der Waals surface area (Å²) < 4.78 is 10.0. The molecule has 0 saturated heterocycles. The molecule has 4 heteroatoms. The molecule has 0 aliphatic carbocycles. The van der Waals surface area contributed by atoms with Gasteiger partial charge in [-0.25, -0.2) is 0 Å². The highest BCUT2D eigenvalue weighted by Gasteiger charge is 2.23. The maximum Gasteiger partial charge on any atom is 0.208 e. The van der Waals surface area contributed by atoms with Gasteiger partial charge in [-0.15, -0.1) is 0 Å². The standard InChI is InChI=1S/C12H16O4/c1-3-15-8-6-10(13)9(2)12(14)11-5-4-7-16-11/h4-5,7,9H,3,6,8H2,1-2H3. The van der Waals surface area contributed by atoms with E-state index in [1.54, 1.807) is 19.1 Å². The first-order valence-corrected chi connectivity index (χ1v) is 5.35. The van der Waals surface area contributed by atoms with E-state index in [4.69, 9.17) is 9.15 Å². The lowest BCUT2D eigenvalue weighted by molar-refractivity contribution is -0.122. The molecule has 0 saturated carbocycles. The van der Waals surface area contributed by atoms with E-state index in [1.807, 2.05) is 6.92 Å². The number of carbonyl (C=O) groups excluding carboxylic acids is 2. The van der Waals surface area contributed by atoms with E-state index in [1.165, 1.54) is 6.26 Å². The van der Waals surface area contributed by atoms with Crippen LogP contribution in [0.3, 0.4) is 0 Å². The Morgan fingerprint density at radius 1 is 1.50 bits per heavy atom. The molecule has 0 fully saturated rings. The fraction of sp³-hybridized carbons (Fsp3) is 0.500. The Morgan fingerprint density at radius 2 is 2.25 bits per heavy atom. The summed E-state index contributed by atoms with van der Waals surface area (Å²) in [6, 6.07) is 3.19. The van der Waals surface area contributed by atoms with Crippen LogP contribution in [0.25, 0.3) is 0 Å². The number of carbonyl (C=O) groups is 2. The number of hydrogen-bond acceptors (Lipinski definition) is 4. The fourth-order valence-electron chi connectivity index (χ4n) is 1.31. The Balaban J connectivity index is 2.47. The lowest BCUT2D eigenvalue weighted by Crippen LogP contribution is -2.22. The van der Waals surface area contributed by atoms with Gasteiger partial charge >= 0.3 is 0 Å². The van der Waals surface area contributed by atoms with Crippen molar-refractivity contribution in [3.05, 3.63) is 24.2 Å². The lowest BCUT2D eigenvalue weighted by atomic mass is 9.98. The molecule has 1 rings (SSSR count). The van der Waals surface area contributed by atoms with E-state index in [9.17, 15) is 9.59 Å². The van der Waals surface area contributed by atoms with Crippen molar-refractivity contribution < 1.29 is 18.7 Å². The average molecular weight is 224 g/mol. The number of ketones is 2. The van der Waals surface area contributed by atoms with Crippen molar-refractivity contribution in [3.8, 4) is 0 Å². The first kappa shape index (κ1) is 12.6. The van der Waals surface area contributed by atoms with E-state index in [0.717, 1.165) is 0 Å². The summed E-state index contributed by atoms with van der Waals surface area (Å²) in [6.07, 6.45) is 1.69. The van der Waals surface area contributed by atoms with Gasteiger partial charge in [0.25, 0.3) is 0 Å². The Bertz CT molecular complexity index is 340. The SMILES string of the molecule is CCOCCC(=O)C(C)C(=O)c1ccco1. The third-order valence-electron chi connectivity index (χ3n) is 2.34. The fourth-order valence-corrected chi connectivity index (χ4v) is 1.31. The molecular formula is C12H16O4. The molecule has 0 aliphatic rings. The van der Waals surface area contributed by atoms with Gasteiger partial charge in [-0.2, -0.15) is 0 Å². The molecule has 1 aromatic heterocycles. The topological polar surface area (TPSA) is 56.5 Å². The molecule has 88 valence electrons. The smallest absolute Gasteiger partial charge is 0.208 e. The molecular weight excluding hydrogens is 208 g/mol. The third-order valence-corrected chi connectivity index (χ3v) is 2.34. The van der Waals surface area contributed by atoms with Crippen LogP contribution in [0.4, 0.5) is 0 Å². The van der Waals surface area contributed by atoms with Gasteiger partial charge in [0.1, 0.15) is 5.78 Å². The molecule has 16 heavy (non-hydrogen) atoms. The van der Waals surface area contributed by atoms with E-state index in [-0.39, 0.29) is 23.7 Å². The number of furan rings is 1. The first-order chi connectivity index (χ1) is 7.66. The van der Waals surface area contributed by atoms with Crippen molar-refractivity contribution in [2.75, 3.05) is 13.2 Å². The van der Waals surface area contributed by atoms with E-state index < -0.39 is 5.92 Å². The molecule has 0 amide bonds. The number of rotatable bonds is 7. The van der Waals surface area contributed by atoms with Crippen LogP contribution in [0.1, 0.15) is 30.8 Å². The van der Waals surface area contributed by atoms with Crippen molar-refractivity contribution in [2.24, 2.45) is 5.92 Å². The summed E-state index contributed by atoms with van der Waals surface area (Å²) in [5.41, 5.74) is 0. The Hall–Kier alpha value is -1.42. The lowest BCUT2D eigenvalue weighted by Gasteiger charge is -2.07. The minimum atomic E-state index is -0.661. The van der Waals surface area contributed by atoms with E-state index in [2.05, 4.69) is 0 Å². The highest BCUT2D eigenvalue weighted by Crippen LogP contribution is 2.11. The normalized spacial score (nSPS) is 12.4.